The minimum Gasteiger partial charge on any atom is -0.493 e. The van der Waals surface area contributed by atoms with Gasteiger partial charge in [0.1, 0.15) is 5.82 Å². The van der Waals surface area contributed by atoms with Crippen molar-refractivity contribution in [2.24, 2.45) is 0 Å². The summed E-state index contributed by atoms with van der Waals surface area (Å²) in [5.41, 5.74) is 0.912. The van der Waals surface area contributed by atoms with Crippen molar-refractivity contribution in [3.8, 4) is 11.5 Å². The zero-order chi connectivity index (χ0) is 23.6. The van der Waals surface area contributed by atoms with Crippen LogP contribution in [0.4, 0.5) is 4.39 Å². The number of piperidine rings is 1. The van der Waals surface area contributed by atoms with Crippen LogP contribution in [0, 0.1) is 5.82 Å². The molecule has 2 aromatic rings. The number of nitrogens with one attached hydrogen (secondary N) is 1. The minimum atomic E-state index is -0.514. The van der Waals surface area contributed by atoms with Gasteiger partial charge < -0.3 is 19.7 Å². The summed E-state index contributed by atoms with van der Waals surface area (Å²) in [5.74, 6) is 0.287. The second kappa shape index (κ2) is 12.0. The van der Waals surface area contributed by atoms with Gasteiger partial charge >= 0.3 is 0 Å². The van der Waals surface area contributed by atoms with Crippen LogP contribution in [0.25, 0.3) is 6.08 Å². The van der Waals surface area contributed by atoms with E-state index in [-0.39, 0.29) is 23.4 Å². The minimum absolute atomic E-state index is 0.0318. The fourth-order valence-electron chi connectivity index (χ4n) is 3.69. The Labute approximate surface area is 194 Å². The van der Waals surface area contributed by atoms with E-state index in [1.807, 2.05) is 18.2 Å². The van der Waals surface area contributed by atoms with Crippen molar-refractivity contribution in [2.75, 3.05) is 26.8 Å². The van der Waals surface area contributed by atoms with Crippen LogP contribution in [0.1, 0.15) is 48.5 Å². The second-order valence-electron chi connectivity index (χ2n) is 8.00. The molecular weight excluding hydrogens is 423 g/mol. The van der Waals surface area contributed by atoms with E-state index in [9.17, 15) is 14.0 Å². The number of methoxy groups -OCH3 is 1. The second-order valence-corrected chi connectivity index (χ2v) is 8.00. The highest BCUT2D eigenvalue weighted by molar-refractivity contribution is 5.94. The predicted molar refractivity (Wildman–Crippen MR) is 126 cm³/mol. The molecule has 176 valence electrons. The number of nitrogens with zero attached hydrogens (tertiary/aromatic N) is 1. The largest absolute Gasteiger partial charge is 0.493 e. The average Bonchev–Trinajstić information content (AvgIpc) is 2.83. The number of benzene rings is 2. The number of halogens is 1. The lowest BCUT2D eigenvalue weighted by molar-refractivity contribution is -0.117. The van der Waals surface area contributed by atoms with E-state index < -0.39 is 5.82 Å². The van der Waals surface area contributed by atoms with E-state index in [1.165, 1.54) is 18.2 Å². The van der Waals surface area contributed by atoms with E-state index in [0.29, 0.717) is 44.0 Å². The van der Waals surface area contributed by atoms with Crippen LogP contribution in [-0.4, -0.2) is 49.6 Å². The Bertz CT molecular complexity index is 984. The van der Waals surface area contributed by atoms with Crippen molar-refractivity contribution in [1.82, 2.24) is 10.2 Å². The van der Waals surface area contributed by atoms with Crippen molar-refractivity contribution < 1.29 is 23.5 Å². The molecule has 0 bridgehead atoms. The van der Waals surface area contributed by atoms with Crippen molar-refractivity contribution in [3.05, 3.63) is 65.5 Å². The van der Waals surface area contributed by atoms with Gasteiger partial charge in [-0.05, 0) is 55.2 Å². The number of hydrogen-bond donors (Lipinski definition) is 1. The van der Waals surface area contributed by atoms with Gasteiger partial charge in [-0.2, -0.15) is 0 Å². The molecule has 0 unspecified atom stereocenters. The molecule has 2 aromatic carbocycles. The van der Waals surface area contributed by atoms with Crippen LogP contribution in [-0.2, 0) is 4.79 Å². The SMILES string of the molecule is CCCCOc1ccc(/C=C/C(=O)NC2CCN(C(=O)c3ccccc3F)CC2)cc1OC. The van der Waals surface area contributed by atoms with E-state index >= 15 is 0 Å². The zero-order valence-corrected chi connectivity index (χ0v) is 19.2. The molecule has 1 fully saturated rings. The molecule has 1 heterocycles. The van der Waals surface area contributed by atoms with Gasteiger partial charge in [-0.25, -0.2) is 4.39 Å². The summed E-state index contributed by atoms with van der Waals surface area (Å²) in [6, 6.07) is 11.5. The summed E-state index contributed by atoms with van der Waals surface area (Å²) in [6.07, 6.45) is 6.49. The van der Waals surface area contributed by atoms with Gasteiger partial charge in [0.25, 0.3) is 5.91 Å². The van der Waals surface area contributed by atoms with E-state index in [1.54, 1.807) is 30.2 Å². The first kappa shape index (κ1) is 24.3. The summed E-state index contributed by atoms with van der Waals surface area (Å²) < 4.78 is 25.0. The van der Waals surface area contributed by atoms with Gasteiger partial charge in [0.15, 0.2) is 11.5 Å². The van der Waals surface area contributed by atoms with Crippen LogP contribution in [0.3, 0.4) is 0 Å². The summed E-state index contributed by atoms with van der Waals surface area (Å²) in [6.45, 7) is 3.68. The molecule has 0 atom stereocenters. The maximum absolute atomic E-state index is 13.9. The number of carbonyl (C=O) groups is 2. The highest BCUT2D eigenvalue weighted by atomic mass is 19.1. The van der Waals surface area contributed by atoms with Crippen LogP contribution in [0.15, 0.2) is 48.5 Å². The Morgan fingerprint density at radius 3 is 2.61 bits per heavy atom. The monoisotopic (exact) mass is 454 g/mol. The van der Waals surface area contributed by atoms with Gasteiger partial charge in [0, 0.05) is 25.2 Å². The number of rotatable bonds is 9. The number of likely N-dealkylation sites (tertiary alicyclic amines) is 1. The molecule has 0 spiro atoms. The third-order valence-electron chi connectivity index (χ3n) is 5.60. The third kappa shape index (κ3) is 6.81. The number of ether oxygens (including phenoxy) is 2. The molecule has 1 aliphatic heterocycles. The first-order valence-electron chi connectivity index (χ1n) is 11.3. The number of carbonyl (C=O) groups excluding carboxylic acids is 2. The van der Waals surface area contributed by atoms with Crippen molar-refractivity contribution in [2.45, 2.75) is 38.6 Å². The maximum Gasteiger partial charge on any atom is 0.256 e. The van der Waals surface area contributed by atoms with Gasteiger partial charge in [-0.3, -0.25) is 9.59 Å². The fraction of sp³-hybridized carbons (Fsp3) is 0.385. The van der Waals surface area contributed by atoms with Crippen LogP contribution in [0.2, 0.25) is 0 Å². The lowest BCUT2D eigenvalue weighted by atomic mass is 10.0. The lowest BCUT2D eigenvalue weighted by Crippen LogP contribution is -2.46. The third-order valence-corrected chi connectivity index (χ3v) is 5.60. The van der Waals surface area contributed by atoms with Crippen LogP contribution >= 0.6 is 0 Å². The molecule has 0 saturated carbocycles. The zero-order valence-electron chi connectivity index (χ0n) is 19.2. The molecule has 0 radical (unpaired) electrons. The Kier molecular flexibility index (Phi) is 8.87. The first-order chi connectivity index (χ1) is 16.0. The molecule has 1 aliphatic rings. The molecule has 0 aliphatic carbocycles. The molecule has 2 amide bonds. The Balaban J connectivity index is 1.49. The quantitative estimate of drug-likeness (QED) is 0.449. The molecule has 1 N–H and O–H groups in total. The molecule has 7 heteroatoms. The average molecular weight is 455 g/mol. The van der Waals surface area contributed by atoms with E-state index in [4.69, 9.17) is 9.47 Å². The van der Waals surface area contributed by atoms with E-state index in [2.05, 4.69) is 12.2 Å². The van der Waals surface area contributed by atoms with Gasteiger partial charge in [0.05, 0.1) is 19.3 Å². The van der Waals surface area contributed by atoms with Crippen molar-refractivity contribution in [1.29, 1.82) is 0 Å². The van der Waals surface area contributed by atoms with E-state index in [0.717, 1.165) is 18.4 Å². The Morgan fingerprint density at radius 1 is 1.15 bits per heavy atom. The molecule has 1 saturated heterocycles. The number of unbranched alkanes of at least 4 members (excludes halogenated alkanes) is 1. The maximum atomic E-state index is 13.9. The fourth-order valence-corrected chi connectivity index (χ4v) is 3.69. The normalized spacial score (nSPS) is 14.3. The number of hydrogen-bond acceptors (Lipinski definition) is 4. The molecule has 6 nitrogen and oxygen atoms in total. The summed E-state index contributed by atoms with van der Waals surface area (Å²) in [7, 11) is 1.59. The topological polar surface area (TPSA) is 67.9 Å². The summed E-state index contributed by atoms with van der Waals surface area (Å²) >= 11 is 0. The number of amides is 2. The Morgan fingerprint density at radius 2 is 1.91 bits per heavy atom. The molecule has 3 rings (SSSR count). The highest BCUT2D eigenvalue weighted by Gasteiger charge is 2.25. The molecule has 0 aromatic heterocycles. The highest BCUT2D eigenvalue weighted by Crippen LogP contribution is 2.28. The Hall–Kier alpha value is -3.35. The van der Waals surface area contributed by atoms with Crippen LogP contribution < -0.4 is 14.8 Å². The van der Waals surface area contributed by atoms with Crippen LogP contribution in [0.5, 0.6) is 11.5 Å². The smallest absolute Gasteiger partial charge is 0.256 e. The lowest BCUT2D eigenvalue weighted by Gasteiger charge is -2.32. The standard InChI is InChI=1S/C26H31FN2O4/c1-3-4-17-33-23-11-9-19(18-24(23)32-2)10-12-25(30)28-20-13-15-29(16-14-20)26(31)21-7-5-6-8-22(21)27/h5-12,18,20H,3-4,13-17H2,1-2H3,(H,28,30)/b12-10+. The predicted octanol–water partition coefficient (Wildman–Crippen LogP) is 4.45. The summed E-state index contributed by atoms with van der Waals surface area (Å²) in [5, 5.41) is 2.98. The van der Waals surface area contributed by atoms with Gasteiger partial charge in [0.2, 0.25) is 5.91 Å². The summed E-state index contributed by atoms with van der Waals surface area (Å²) in [4.78, 5) is 26.5. The van der Waals surface area contributed by atoms with Crippen molar-refractivity contribution in [3.63, 3.8) is 0 Å². The molecular formula is C26H31FN2O4. The molecule has 33 heavy (non-hydrogen) atoms. The van der Waals surface area contributed by atoms with Gasteiger partial charge in [-0.15, -0.1) is 0 Å². The first-order valence-corrected chi connectivity index (χ1v) is 11.3. The van der Waals surface area contributed by atoms with Gasteiger partial charge in [-0.1, -0.05) is 31.5 Å². The van der Waals surface area contributed by atoms with Crippen molar-refractivity contribution >= 4 is 17.9 Å².